The standard InChI is InChI=1S/C17H15N5O4/c1-9-15(23)22(17(25)20-9)12-5-3-4-11(6-12)21-8-10(7-18)13(19)14(21)16(24)26-2/h3-6,8-9H,19H2,1-2H3,(H,20,25). The SMILES string of the molecule is COC(=O)c1c(N)c(C#N)cn1-c1cccc(N2C(=O)NC(C)C2=O)c1. The number of amides is 3. The number of ether oxygens (including phenoxy) is 1. The third kappa shape index (κ3) is 2.53. The second-order valence-electron chi connectivity index (χ2n) is 5.64. The van der Waals surface area contributed by atoms with Crippen molar-refractivity contribution in [1.82, 2.24) is 9.88 Å². The second-order valence-corrected chi connectivity index (χ2v) is 5.64. The lowest BCUT2D eigenvalue weighted by molar-refractivity contribution is -0.117. The van der Waals surface area contributed by atoms with Gasteiger partial charge in [-0.15, -0.1) is 0 Å². The predicted molar refractivity (Wildman–Crippen MR) is 91.7 cm³/mol. The molecule has 26 heavy (non-hydrogen) atoms. The zero-order chi connectivity index (χ0) is 19.0. The fourth-order valence-corrected chi connectivity index (χ4v) is 2.75. The van der Waals surface area contributed by atoms with Gasteiger partial charge in [-0.05, 0) is 25.1 Å². The molecule has 9 nitrogen and oxygen atoms in total. The molecule has 0 radical (unpaired) electrons. The van der Waals surface area contributed by atoms with Gasteiger partial charge in [0.15, 0.2) is 5.69 Å². The molecule has 132 valence electrons. The average molecular weight is 353 g/mol. The summed E-state index contributed by atoms with van der Waals surface area (Å²) in [5, 5.41) is 11.7. The molecule has 3 amide bonds. The number of nitrogen functional groups attached to an aromatic ring is 1. The van der Waals surface area contributed by atoms with Crippen molar-refractivity contribution in [2.24, 2.45) is 0 Å². The molecular weight excluding hydrogens is 338 g/mol. The van der Waals surface area contributed by atoms with Crippen LogP contribution >= 0.6 is 0 Å². The Balaban J connectivity index is 2.13. The summed E-state index contributed by atoms with van der Waals surface area (Å²) in [4.78, 5) is 37.3. The quantitative estimate of drug-likeness (QED) is 0.629. The number of imide groups is 1. The van der Waals surface area contributed by atoms with Crippen LogP contribution in [0.15, 0.2) is 30.5 Å². The van der Waals surface area contributed by atoms with Crippen LogP contribution in [0.4, 0.5) is 16.2 Å². The minimum atomic E-state index is -0.710. The van der Waals surface area contributed by atoms with Crippen LogP contribution in [0.5, 0.6) is 0 Å². The van der Waals surface area contributed by atoms with E-state index in [0.717, 1.165) is 4.90 Å². The highest BCUT2D eigenvalue weighted by atomic mass is 16.5. The molecule has 0 saturated carbocycles. The molecule has 1 aliphatic heterocycles. The Morgan fingerprint density at radius 1 is 1.35 bits per heavy atom. The summed E-state index contributed by atoms with van der Waals surface area (Å²) in [6.45, 7) is 1.59. The van der Waals surface area contributed by atoms with Gasteiger partial charge in [-0.2, -0.15) is 5.26 Å². The van der Waals surface area contributed by atoms with Crippen LogP contribution < -0.4 is 16.0 Å². The number of nitrogens with zero attached hydrogens (tertiary/aromatic N) is 3. The number of esters is 1. The molecule has 0 bridgehead atoms. The average Bonchev–Trinajstić information content (AvgIpc) is 3.10. The van der Waals surface area contributed by atoms with E-state index in [4.69, 9.17) is 10.5 Å². The van der Waals surface area contributed by atoms with Crippen LogP contribution in [0, 0.1) is 11.3 Å². The number of benzene rings is 1. The molecule has 1 fully saturated rings. The summed E-state index contributed by atoms with van der Waals surface area (Å²) < 4.78 is 6.13. The molecule has 3 N–H and O–H groups in total. The number of anilines is 2. The van der Waals surface area contributed by atoms with E-state index >= 15 is 0 Å². The van der Waals surface area contributed by atoms with Crippen LogP contribution in [0.1, 0.15) is 23.0 Å². The summed E-state index contributed by atoms with van der Waals surface area (Å²) in [6, 6.07) is 7.17. The molecular formula is C17H15N5O4. The number of aromatic nitrogens is 1. The minimum absolute atomic E-state index is 0.00614. The van der Waals surface area contributed by atoms with Gasteiger partial charge in [0.05, 0.1) is 24.0 Å². The Kier molecular flexibility index (Phi) is 4.10. The minimum Gasteiger partial charge on any atom is -0.464 e. The second kappa shape index (κ2) is 6.25. The van der Waals surface area contributed by atoms with E-state index in [9.17, 15) is 19.6 Å². The summed E-state index contributed by atoms with van der Waals surface area (Å²) in [5.74, 6) is -1.09. The maximum Gasteiger partial charge on any atom is 0.357 e. The Morgan fingerprint density at radius 3 is 2.62 bits per heavy atom. The number of nitriles is 1. The Morgan fingerprint density at radius 2 is 2.04 bits per heavy atom. The Labute approximate surface area is 148 Å². The number of nitrogens with two attached hydrogens (primary N) is 1. The third-order valence-electron chi connectivity index (χ3n) is 4.04. The lowest BCUT2D eigenvalue weighted by Crippen LogP contribution is -2.30. The van der Waals surface area contributed by atoms with Crippen molar-refractivity contribution in [3.05, 3.63) is 41.7 Å². The molecule has 1 unspecified atom stereocenters. The van der Waals surface area contributed by atoms with Crippen molar-refractivity contribution in [2.75, 3.05) is 17.7 Å². The zero-order valence-corrected chi connectivity index (χ0v) is 14.0. The molecule has 1 aliphatic rings. The van der Waals surface area contributed by atoms with Gasteiger partial charge in [0.25, 0.3) is 5.91 Å². The first-order valence-electron chi connectivity index (χ1n) is 7.63. The summed E-state index contributed by atoms with van der Waals surface area (Å²) in [7, 11) is 1.20. The van der Waals surface area contributed by atoms with E-state index in [-0.39, 0.29) is 22.9 Å². The third-order valence-corrected chi connectivity index (χ3v) is 4.04. The summed E-state index contributed by atoms with van der Waals surface area (Å²) in [5.41, 5.74) is 6.75. The van der Waals surface area contributed by atoms with Crippen LogP contribution in [0.25, 0.3) is 5.69 Å². The van der Waals surface area contributed by atoms with E-state index < -0.39 is 18.0 Å². The molecule has 1 atom stereocenters. The van der Waals surface area contributed by atoms with E-state index in [0.29, 0.717) is 11.4 Å². The first-order valence-corrected chi connectivity index (χ1v) is 7.63. The number of carbonyl (C=O) groups is 3. The first kappa shape index (κ1) is 17.0. The highest BCUT2D eigenvalue weighted by Gasteiger charge is 2.36. The molecule has 0 aliphatic carbocycles. The fraction of sp³-hybridized carbons (Fsp3) is 0.176. The molecule has 2 aromatic rings. The Bertz CT molecular complexity index is 972. The highest BCUT2D eigenvalue weighted by Crippen LogP contribution is 2.28. The molecule has 9 heteroatoms. The van der Waals surface area contributed by atoms with Crippen molar-refractivity contribution in [3.8, 4) is 11.8 Å². The largest absolute Gasteiger partial charge is 0.464 e. The van der Waals surface area contributed by atoms with Gasteiger partial charge in [0, 0.05) is 11.9 Å². The van der Waals surface area contributed by atoms with Gasteiger partial charge in [-0.1, -0.05) is 6.07 Å². The number of hydrogen-bond acceptors (Lipinski definition) is 6. The van der Waals surface area contributed by atoms with E-state index in [1.165, 1.54) is 17.9 Å². The van der Waals surface area contributed by atoms with Crippen LogP contribution in [0.2, 0.25) is 0 Å². The molecule has 1 saturated heterocycles. The van der Waals surface area contributed by atoms with E-state index in [1.807, 2.05) is 6.07 Å². The Hall–Kier alpha value is -3.80. The molecule has 0 spiro atoms. The maximum absolute atomic E-state index is 12.2. The molecule has 3 rings (SSSR count). The number of urea groups is 1. The number of carbonyl (C=O) groups excluding carboxylic acids is 3. The lowest BCUT2D eigenvalue weighted by atomic mass is 10.2. The fourth-order valence-electron chi connectivity index (χ4n) is 2.75. The van der Waals surface area contributed by atoms with Gasteiger partial charge in [0.1, 0.15) is 12.1 Å². The van der Waals surface area contributed by atoms with E-state index in [1.54, 1.807) is 31.2 Å². The normalized spacial score (nSPS) is 16.3. The van der Waals surface area contributed by atoms with Gasteiger partial charge < -0.3 is 20.4 Å². The number of methoxy groups -OCH3 is 1. The van der Waals surface area contributed by atoms with Crippen LogP contribution in [-0.2, 0) is 9.53 Å². The summed E-state index contributed by atoms with van der Waals surface area (Å²) >= 11 is 0. The number of nitrogens with one attached hydrogen (secondary N) is 1. The van der Waals surface area contributed by atoms with E-state index in [2.05, 4.69) is 5.32 Å². The summed E-state index contributed by atoms with van der Waals surface area (Å²) in [6.07, 6.45) is 1.40. The van der Waals surface area contributed by atoms with Crippen molar-refractivity contribution in [1.29, 1.82) is 5.26 Å². The van der Waals surface area contributed by atoms with Crippen molar-refractivity contribution < 1.29 is 19.1 Å². The first-order chi connectivity index (χ1) is 12.4. The number of hydrogen-bond donors (Lipinski definition) is 2. The molecule has 1 aromatic heterocycles. The van der Waals surface area contributed by atoms with Crippen molar-refractivity contribution >= 4 is 29.3 Å². The van der Waals surface area contributed by atoms with Gasteiger partial charge in [-0.3, -0.25) is 4.79 Å². The number of rotatable bonds is 3. The monoisotopic (exact) mass is 353 g/mol. The van der Waals surface area contributed by atoms with Gasteiger partial charge in [-0.25, -0.2) is 14.5 Å². The zero-order valence-electron chi connectivity index (χ0n) is 14.0. The van der Waals surface area contributed by atoms with Crippen molar-refractivity contribution in [2.45, 2.75) is 13.0 Å². The maximum atomic E-state index is 12.2. The molecule has 1 aromatic carbocycles. The van der Waals surface area contributed by atoms with Gasteiger partial charge in [0.2, 0.25) is 0 Å². The highest BCUT2D eigenvalue weighted by molar-refractivity contribution is 6.21. The lowest BCUT2D eigenvalue weighted by Gasteiger charge is -2.15. The van der Waals surface area contributed by atoms with Crippen LogP contribution in [-0.4, -0.2) is 35.6 Å². The smallest absolute Gasteiger partial charge is 0.357 e. The van der Waals surface area contributed by atoms with Crippen LogP contribution in [0.3, 0.4) is 0 Å². The topological polar surface area (TPSA) is 130 Å². The molecule has 2 heterocycles. The predicted octanol–water partition coefficient (Wildman–Crippen LogP) is 1.16. The van der Waals surface area contributed by atoms with Gasteiger partial charge >= 0.3 is 12.0 Å². The van der Waals surface area contributed by atoms with Crippen molar-refractivity contribution in [3.63, 3.8) is 0 Å².